The number of hydrogen-bond acceptors (Lipinski definition) is 5. The van der Waals surface area contributed by atoms with Gasteiger partial charge in [0.2, 0.25) is 0 Å². The summed E-state index contributed by atoms with van der Waals surface area (Å²) in [4.78, 5) is 14.4. The van der Waals surface area contributed by atoms with Crippen LogP contribution < -0.4 is 10.1 Å². The summed E-state index contributed by atoms with van der Waals surface area (Å²) in [6.45, 7) is 1.58. The van der Waals surface area contributed by atoms with E-state index in [0.717, 1.165) is 25.9 Å². The third-order valence-electron chi connectivity index (χ3n) is 4.20. The number of anilines is 2. The van der Waals surface area contributed by atoms with E-state index < -0.39 is 0 Å². The van der Waals surface area contributed by atoms with E-state index in [0.29, 0.717) is 28.0 Å². The molecule has 0 unspecified atom stereocenters. The molecule has 1 aromatic heterocycles. The van der Waals surface area contributed by atoms with Crippen molar-refractivity contribution in [2.45, 2.75) is 25.7 Å². The zero-order valence-electron chi connectivity index (χ0n) is 14.2. The smallest absolute Gasteiger partial charge is 0.274 e. The van der Waals surface area contributed by atoms with Crippen molar-refractivity contribution in [3.63, 3.8) is 0 Å². The molecule has 1 aromatic carbocycles. The van der Waals surface area contributed by atoms with Gasteiger partial charge in [-0.15, -0.1) is 10.2 Å². The molecule has 0 saturated carbocycles. The lowest BCUT2D eigenvalue weighted by Gasteiger charge is -2.19. The molecule has 3 rings (SSSR count). The van der Waals surface area contributed by atoms with Crippen LogP contribution in [0.25, 0.3) is 0 Å². The molecule has 0 aliphatic carbocycles. The third kappa shape index (κ3) is 4.39. The Labute approximate surface area is 152 Å². The van der Waals surface area contributed by atoms with Gasteiger partial charge in [-0.3, -0.25) is 4.79 Å². The summed E-state index contributed by atoms with van der Waals surface area (Å²) in [5.41, 5.74) is 1.06. The van der Waals surface area contributed by atoms with Crippen molar-refractivity contribution in [3.05, 3.63) is 41.0 Å². The van der Waals surface area contributed by atoms with Crippen LogP contribution in [0.2, 0.25) is 5.02 Å². The van der Waals surface area contributed by atoms with E-state index in [1.807, 2.05) is 4.90 Å². The van der Waals surface area contributed by atoms with Gasteiger partial charge in [0.05, 0.1) is 12.8 Å². The quantitative estimate of drug-likeness (QED) is 0.895. The molecule has 0 radical (unpaired) electrons. The van der Waals surface area contributed by atoms with Crippen molar-refractivity contribution in [2.75, 3.05) is 25.5 Å². The number of halogens is 1. The maximum Gasteiger partial charge on any atom is 0.274 e. The molecule has 1 fully saturated rings. The maximum absolute atomic E-state index is 12.5. The summed E-state index contributed by atoms with van der Waals surface area (Å²) in [5.74, 6) is 1.12. The van der Waals surface area contributed by atoms with Crippen LogP contribution >= 0.6 is 11.6 Å². The van der Waals surface area contributed by atoms with Crippen molar-refractivity contribution in [2.24, 2.45) is 0 Å². The fourth-order valence-corrected chi connectivity index (χ4v) is 3.04. The van der Waals surface area contributed by atoms with Gasteiger partial charge in [-0.2, -0.15) is 0 Å². The first kappa shape index (κ1) is 17.5. The molecule has 2 aromatic rings. The number of nitrogens with one attached hydrogen (secondary N) is 1. The van der Waals surface area contributed by atoms with Crippen LogP contribution in [0, 0.1) is 0 Å². The van der Waals surface area contributed by atoms with E-state index in [-0.39, 0.29) is 5.91 Å². The fourth-order valence-electron chi connectivity index (χ4n) is 2.86. The number of benzene rings is 1. The first-order valence-corrected chi connectivity index (χ1v) is 8.79. The van der Waals surface area contributed by atoms with Crippen molar-refractivity contribution in [3.8, 4) is 5.75 Å². The second-order valence-corrected chi connectivity index (χ2v) is 6.42. The second-order valence-electron chi connectivity index (χ2n) is 5.98. The molecule has 1 aliphatic heterocycles. The molecule has 2 heterocycles. The lowest BCUT2D eigenvalue weighted by atomic mass is 10.2. The second kappa shape index (κ2) is 8.16. The average Bonchev–Trinajstić information content (AvgIpc) is 2.91. The predicted octanol–water partition coefficient (Wildman–Crippen LogP) is 3.90. The average molecular weight is 361 g/mol. The Kier molecular flexibility index (Phi) is 5.71. The Hall–Kier alpha value is -2.34. The Bertz CT molecular complexity index is 728. The number of aromatic nitrogens is 2. The SMILES string of the molecule is COc1ccc(Cl)cc1Nc1ccc(C(=O)N2CCCCCC2)nn1. The first-order valence-electron chi connectivity index (χ1n) is 8.41. The van der Waals surface area contributed by atoms with Crippen molar-refractivity contribution >= 4 is 29.0 Å². The van der Waals surface area contributed by atoms with Crippen LogP contribution in [-0.4, -0.2) is 41.2 Å². The molecule has 1 amide bonds. The molecule has 132 valence electrons. The van der Waals surface area contributed by atoms with Crippen molar-refractivity contribution < 1.29 is 9.53 Å². The van der Waals surface area contributed by atoms with Gasteiger partial charge in [0.1, 0.15) is 5.75 Å². The number of carbonyl (C=O) groups excluding carboxylic acids is 1. The fraction of sp³-hybridized carbons (Fsp3) is 0.389. The van der Waals surface area contributed by atoms with E-state index in [1.54, 1.807) is 37.4 Å². The molecule has 1 aliphatic rings. The van der Waals surface area contributed by atoms with Gasteiger partial charge in [0, 0.05) is 18.1 Å². The highest BCUT2D eigenvalue weighted by molar-refractivity contribution is 6.31. The number of methoxy groups -OCH3 is 1. The molecular weight excluding hydrogens is 340 g/mol. The lowest BCUT2D eigenvalue weighted by Crippen LogP contribution is -2.32. The topological polar surface area (TPSA) is 67.3 Å². The normalized spacial score (nSPS) is 14.7. The number of nitrogens with zero attached hydrogens (tertiary/aromatic N) is 3. The van der Waals surface area contributed by atoms with Crippen LogP contribution in [0.4, 0.5) is 11.5 Å². The van der Waals surface area contributed by atoms with Gasteiger partial charge < -0.3 is 15.0 Å². The predicted molar refractivity (Wildman–Crippen MR) is 97.7 cm³/mol. The van der Waals surface area contributed by atoms with Crippen LogP contribution in [0.15, 0.2) is 30.3 Å². The van der Waals surface area contributed by atoms with Gasteiger partial charge in [-0.25, -0.2) is 0 Å². The largest absolute Gasteiger partial charge is 0.495 e. The molecule has 6 nitrogen and oxygen atoms in total. The lowest BCUT2D eigenvalue weighted by molar-refractivity contribution is 0.0754. The molecule has 25 heavy (non-hydrogen) atoms. The van der Waals surface area contributed by atoms with E-state index >= 15 is 0 Å². The highest BCUT2D eigenvalue weighted by Crippen LogP contribution is 2.29. The van der Waals surface area contributed by atoms with Crippen molar-refractivity contribution in [1.29, 1.82) is 0 Å². The Balaban J connectivity index is 1.72. The Morgan fingerprint density at radius 1 is 1.12 bits per heavy atom. The minimum absolute atomic E-state index is 0.0544. The van der Waals surface area contributed by atoms with Gasteiger partial charge in [0.25, 0.3) is 5.91 Å². The zero-order valence-corrected chi connectivity index (χ0v) is 14.9. The number of amides is 1. The summed E-state index contributed by atoms with van der Waals surface area (Å²) in [6, 6.07) is 8.70. The number of carbonyl (C=O) groups is 1. The maximum atomic E-state index is 12.5. The van der Waals surface area contributed by atoms with Crippen LogP contribution in [0.5, 0.6) is 5.75 Å². The first-order chi connectivity index (χ1) is 12.2. The number of rotatable bonds is 4. The summed E-state index contributed by atoms with van der Waals surface area (Å²) in [6.07, 6.45) is 4.46. The highest BCUT2D eigenvalue weighted by Gasteiger charge is 2.19. The molecule has 1 saturated heterocycles. The summed E-state index contributed by atoms with van der Waals surface area (Å²) in [5, 5.41) is 11.9. The third-order valence-corrected chi connectivity index (χ3v) is 4.44. The summed E-state index contributed by atoms with van der Waals surface area (Å²) >= 11 is 6.02. The number of likely N-dealkylation sites (tertiary alicyclic amines) is 1. The van der Waals surface area contributed by atoms with Crippen LogP contribution in [-0.2, 0) is 0 Å². The summed E-state index contributed by atoms with van der Waals surface area (Å²) < 4.78 is 5.30. The summed E-state index contributed by atoms with van der Waals surface area (Å²) in [7, 11) is 1.59. The monoisotopic (exact) mass is 360 g/mol. The van der Waals surface area contributed by atoms with Gasteiger partial charge in [-0.05, 0) is 43.2 Å². The van der Waals surface area contributed by atoms with Gasteiger partial charge >= 0.3 is 0 Å². The Morgan fingerprint density at radius 2 is 1.88 bits per heavy atom. The molecular formula is C18H21ClN4O2. The standard InChI is InChI=1S/C18H21ClN4O2/c1-25-16-8-6-13(19)12-15(16)20-17-9-7-14(21-22-17)18(24)23-10-4-2-3-5-11-23/h6-9,12H,2-5,10-11H2,1H3,(H,20,22). The van der Waals surface area contributed by atoms with Crippen molar-refractivity contribution in [1.82, 2.24) is 15.1 Å². The zero-order chi connectivity index (χ0) is 17.6. The molecule has 0 bridgehead atoms. The van der Waals surface area contributed by atoms with E-state index in [4.69, 9.17) is 16.3 Å². The van der Waals surface area contributed by atoms with E-state index in [2.05, 4.69) is 15.5 Å². The highest BCUT2D eigenvalue weighted by atomic mass is 35.5. The molecule has 0 atom stereocenters. The Morgan fingerprint density at radius 3 is 2.52 bits per heavy atom. The molecule has 0 spiro atoms. The minimum atomic E-state index is -0.0544. The van der Waals surface area contributed by atoms with Crippen LogP contribution in [0.3, 0.4) is 0 Å². The minimum Gasteiger partial charge on any atom is -0.495 e. The number of ether oxygens (including phenoxy) is 1. The van der Waals surface area contributed by atoms with E-state index in [9.17, 15) is 4.79 Å². The van der Waals surface area contributed by atoms with Crippen LogP contribution in [0.1, 0.15) is 36.2 Å². The van der Waals surface area contributed by atoms with Gasteiger partial charge in [-0.1, -0.05) is 24.4 Å². The molecule has 7 heteroatoms. The molecule has 1 N–H and O–H groups in total. The van der Waals surface area contributed by atoms with Gasteiger partial charge in [0.15, 0.2) is 11.5 Å². The van der Waals surface area contributed by atoms with E-state index in [1.165, 1.54) is 12.8 Å². The number of hydrogen-bond donors (Lipinski definition) is 1.